The molecule has 1 atom stereocenters. The predicted molar refractivity (Wildman–Crippen MR) is 85.3 cm³/mol. The van der Waals surface area contributed by atoms with Gasteiger partial charge in [0.05, 0.1) is 10.6 Å². The highest BCUT2D eigenvalue weighted by Gasteiger charge is 2.32. The third kappa shape index (κ3) is 3.03. The summed E-state index contributed by atoms with van der Waals surface area (Å²) in [5, 5.41) is 0. The second-order valence-electron chi connectivity index (χ2n) is 6.23. The molecule has 6 nitrogen and oxygen atoms in total. The molecule has 0 bridgehead atoms. The van der Waals surface area contributed by atoms with Crippen LogP contribution >= 0.6 is 0 Å². The zero-order valence-electron chi connectivity index (χ0n) is 13.1. The first-order valence-electron chi connectivity index (χ1n) is 7.85. The Hall–Kier alpha value is -1.73. The Kier molecular flexibility index (Phi) is 4.25. The summed E-state index contributed by atoms with van der Waals surface area (Å²) in [5.41, 5.74) is 0.434. The van der Waals surface area contributed by atoms with Gasteiger partial charge < -0.3 is 0 Å². The van der Waals surface area contributed by atoms with E-state index >= 15 is 0 Å². The van der Waals surface area contributed by atoms with Gasteiger partial charge in [-0.05, 0) is 43.0 Å². The van der Waals surface area contributed by atoms with E-state index in [4.69, 9.17) is 0 Å². The summed E-state index contributed by atoms with van der Waals surface area (Å²) < 4.78 is 26.9. The molecule has 0 radical (unpaired) electrons. The lowest BCUT2D eigenvalue weighted by molar-refractivity contribution is -0.121. The smallest absolute Gasteiger partial charge is 0.243 e. The van der Waals surface area contributed by atoms with Crippen LogP contribution in [-0.4, -0.2) is 37.6 Å². The normalized spacial score (nSPS) is 23.5. The minimum Gasteiger partial charge on any atom is -0.274 e. The van der Waals surface area contributed by atoms with Gasteiger partial charge >= 0.3 is 0 Å². The first-order valence-corrected chi connectivity index (χ1v) is 9.29. The number of nitrogens with zero attached hydrogens (tertiary/aromatic N) is 2. The van der Waals surface area contributed by atoms with Crippen LogP contribution in [0.25, 0.3) is 0 Å². The Morgan fingerprint density at radius 2 is 1.65 bits per heavy atom. The zero-order chi connectivity index (χ0) is 16.6. The van der Waals surface area contributed by atoms with Crippen molar-refractivity contribution < 1.29 is 18.0 Å². The second-order valence-corrected chi connectivity index (χ2v) is 8.17. The summed E-state index contributed by atoms with van der Waals surface area (Å²) >= 11 is 0. The zero-order valence-corrected chi connectivity index (χ0v) is 13.9. The van der Waals surface area contributed by atoms with Gasteiger partial charge in [0.2, 0.25) is 21.8 Å². The highest BCUT2D eigenvalue weighted by Crippen LogP contribution is 2.27. The van der Waals surface area contributed by atoms with Crippen molar-refractivity contribution in [1.29, 1.82) is 0 Å². The van der Waals surface area contributed by atoms with E-state index in [9.17, 15) is 18.0 Å². The summed E-state index contributed by atoms with van der Waals surface area (Å²) in [5.74, 6) is -0.122. The molecule has 2 fully saturated rings. The van der Waals surface area contributed by atoms with Crippen molar-refractivity contribution in [1.82, 2.24) is 4.31 Å². The van der Waals surface area contributed by atoms with Gasteiger partial charge in [0.15, 0.2) is 0 Å². The van der Waals surface area contributed by atoms with E-state index in [1.165, 1.54) is 28.6 Å². The molecular formula is C16H20N2O4S. The van der Waals surface area contributed by atoms with Crippen LogP contribution < -0.4 is 4.90 Å². The van der Waals surface area contributed by atoms with E-state index in [1.807, 2.05) is 0 Å². The third-order valence-electron chi connectivity index (χ3n) is 4.40. The minimum absolute atomic E-state index is 0.203. The van der Waals surface area contributed by atoms with Crippen LogP contribution in [0.15, 0.2) is 29.2 Å². The Balaban J connectivity index is 1.84. The molecule has 0 spiro atoms. The Morgan fingerprint density at radius 3 is 2.22 bits per heavy atom. The van der Waals surface area contributed by atoms with Crippen LogP contribution in [0.2, 0.25) is 0 Å². The summed E-state index contributed by atoms with van der Waals surface area (Å²) in [6, 6.07) is 6.01. The molecule has 1 unspecified atom stereocenters. The van der Waals surface area contributed by atoms with E-state index < -0.39 is 10.0 Å². The Morgan fingerprint density at radius 1 is 1.04 bits per heavy atom. The summed E-state index contributed by atoms with van der Waals surface area (Å²) in [4.78, 5) is 24.8. The summed E-state index contributed by atoms with van der Waals surface area (Å²) in [6.07, 6.45) is 2.34. The number of carbonyl (C=O) groups is 2. The quantitative estimate of drug-likeness (QED) is 0.788. The van der Waals surface area contributed by atoms with Crippen molar-refractivity contribution in [3.05, 3.63) is 24.3 Å². The molecule has 124 valence electrons. The lowest BCUT2D eigenvalue weighted by atomic mass is 10.0. The van der Waals surface area contributed by atoms with Gasteiger partial charge in [0.1, 0.15) is 0 Å². The Bertz CT molecular complexity index is 711. The van der Waals surface area contributed by atoms with Crippen LogP contribution in [0.4, 0.5) is 5.69 Å². The number of imide groups is 1. The van der Waals surface area contributed by atoms with Crippen molar-refractivity contribution >= 4 is 27.5 Å². The number of piperidine rings is 1. The van der Waals surface area contributed by atoms with E-state index in [2.05, 4.69) is 6.92 Å². The number of benzene rings is 1. The number of anilines is 1. The molecule has 0 saturated carbocycles. The number of amides is 2. The monoisotopic (exact) mass is 336 g/mol. The van der Waals surface area contributed by atoms with Gasteiger partial charge in [0, 0.05) is 25.9 Å². The van der Waals surface area contributed by atoms with Gasteiger partial charge in [-0.3, -0.25) is 14.5 Å². The van der Waals surface area contributed by atoms with E-state index in [0.29, 0.717) is 24.7 Å². The number of carbonyl (C=O) groups excluding carboxylic acids is 2. The highest BCUT2D eigenvalue weighted by atomic mass is 32.2. The fourth-order valence-corrected chi connectivity index (χ4v) is 4.74. The van der Waals surface area contributed by atoms with E-state index in [-0.39, 0.29) is 29.6 Å². The molecule has 7 heteroatoms. The third-order valence-corrected chi connectivity index (χ3v) is 6.28. The first-order chi connectivity index (χ1) is 10.9. The highest BCUT2D eigenvalue weighted by molar-refractivity contribution is 7.89. The number of hydrogen-bond acceptors (Lipinski definition) is 4. The molecule has 3 rings (SSSR count). The minimum atomic E-state index is -3.52. The molecule has 2 saturated heterocycles. The van der Waals surface area contributed by atoms with Crippen LogP contribution in [-0.2, 0) is 19.6 Å². The van der Waals surface area contributed by atoms with Crippen molar-refractivity contribution in [2.75, 3.05) is 18.0 Å². The van der Waals surface area contributed by atoms with Gasteiger partial charge in [-0.2, -0.15) is 4.31 Å². The molecule has 23 heavy (non-hydrogen) atoms. The second kappa shape index (κ2) is 6.05. The molecule has 0 aromatic heterocycles. The molecule has 2 heterocycles. The van der Waals surface area contributed by atoms with Gasteiger partial charge in [-0.25, -0.2) is 8.42 Å². The maximum absolute atomic E-state index is 12.7. The number of sulfonamides is 1. The Labute approximate surface area is 136 Å². The van der Waals surface area contributed by atoms with Gasteiger partial charge in [-0.1, -0.05) is 6.92 Å². The van der Waals surface area contributed by atoms with E-state index in [0.717, 1.165) is 17.7 Å². The van der Waals surface area contributed by atoms with Crippen molar-refractivity contribution in [3.8, 4) is 0 Å². The SMILES string of the molecule is CC1CCCN(S(=O)(=O)c2ccc(N3C(=O)CCC3=O)cc2)C1. The van der Waals surface area contributed by atoms with Gasteiger partial charge in [-0.15, -0.1) is 0 Å². The topological polar surface area (TPSA) is 74.8 Å². The molecule has 0 N–H and O–H groups in total. The van der Waals surface area contributed by atoms with Crippen LogP contribution in [0, 0.1) is 5.92 Å². The fourth-order valence-electron chi connectivity index (χ4n) is 3.15. The molecule has 2 aliphatic rings. The molecule has 2 amide bonds. The lowest BCUT2D eigenvalue weighted by Gasteiger charge is -2.30. The molecule has 0 aliphatic carbocycles. The van der Waals surface area contributed by atoms with Crippen molar-refractivity contribution in [2.45, 2.75) is 37.5 Å². The maximum atomic E-state index is 12.7. The largest absolute Gasteiger partial charge is 0.274 e. The average Bonchev–Trinajstić information content (AvgIpc) is 2.86. The summed E-state index contributed by atoms with van der Waals surface area (Å²) in [7, 11) is -3.52. The maximum Gasteiger partial charge on any atom is 0.243 e. The number of rotatable bonds is 3. The predicted octanol–water partition coefficient (Wildman–Crippen LogP) is 1.76. The van der Waals surface area contributed by atoms with Crippen molar-refractivity contribution in [3.63, 3.8) is 0 Å². The van der Waals surface area contributed by atoms with E-state index in [1.54, 1.807) is 0 Å². The van der Waals surface area contributed by atoms with Crippen LogP contribution in [0.3, 0.4) is 0 Å². The molecule has 2 aliphatic heterocycles. The first kappa shape index (κ1) is 16.1. The standard InChI is InChI=1S/C16H20N2O4S/c1-12-3-2-10-17(11-12)23(21,22)14-6-4-13(5-7-14)18-15(19)8-9-16(18)20/h4-7,12H,2-3,8-11H2,1H3. The summed E-state index contributed by atoms with van der Waals surface area (Å²) in [6.45, 7) is 3.13. The van der Waals surface area contributed by atoms with Gasteiger partial charge in [0.25, 0.3) is 0 Å². The lowest BCUT2D eigenvalue weighted by Crippen LogP contribution is -2.39. The van der Waals surface area contributed by atoms with Crippen molar-refractivity contribution in [2.24, 2.45) is 5.92 Å². The molecule has 1 aromatic rings. The number of hydrogen-bond donors (Lipinski definition) is 0. The average molecular weight is 336 g/mol. The fraction of sp³-hybridized carbons (Fsp3) is 0.500. The van der Waals surface area contributed by atoms with Crippen LogP contribution in [0.1, 0.15) is 32.6 Å². The van der Waals surface area contributed by atoms with Crippen LogP contribution in [0.5, 0.6) is 0 Å². The molecule has 1 aromatic carbocycles. The molecular weight excluding hydrogens is 316 g/mol.